The van der Waals surface area contributed by atoms with Crippen LogP contribution in [0.4, 0.5) is 0 Å². The molecule has 430 valence electrons. The smallest absolute Gasteiger partial charge is 0.251 e. The fourth-order valence-electron chi connectivity index (χ4n) is 10.0. The topological polar surface area (TPSA) is 244 Å². The van der Waals surface area contributed by atoms with Gasteiger partial charge in [-0.2, -0.15) is 8.61 Å². The van der Waals surface area contributed by atoms with Gasteiger partial charge in [-0.15, -0.1) is 0 Å². The summed E-state index contributed by atoms with van der Waals surface area (Å²) in [5, 5.41) is 14.7. The van der Waals surface area contributed by atoms with Crippen LogP contribution in [-0.2, 0) is 52.1 Å². The molecule has 3 aromatic carbocycles. The highest BCUT2D eigenvalue weighted by molar-refractivity contribution is 7.88. The number of hydrogen-bond acceptors (Lipinski definition) is 12. The van der Waals surface area contributed by atoms with Crippen LogP contribution in [0.15, 0.2) is 84.9 Å². The summed E-state index contributed by atoms with van der Waals surface area (Å²) in [6.45, 7) is 14.9. The Kier molecular flexibility index (Phi) is 21.9. The molecule has 78 heavy (non-hydrogen) atoms. The van der Waals surface area contributed by atoms with Crippen molar-refractivity contribution in [1.82, 2.24) is 45.0 Å². The number of carbonyl (C=O) groups is 6. The maximum Gasteiger partial charge on any atom is 0.251 e. The maximum atomic E-state index is 14.7. The highest BCUT2D eigenvalue weighted by Crippen LogP contribution is 2.33. The van der Waals surface area contributed by atoms with Crippen molar-refractivity contribution < 1.29 is 45.6 Å². The molecule has 21 heteroatoms. The molecular formula is C57H85N9O10S2. The van der Waals surface area contributed by atoms with Crippen LogP contribution in [0.1, 0.15) is 106 Å². The highest BCUT2D eigenvalue weighted by Gasteiger charge is 2.46. The summed E-state index contributed by atoms with van der Waals surface area (Å²) in [6, 6.07) is 20.2. The van der Waals surface area contributed by atoms with E-state index < -0.39 is 85.0 Å². The SMILES string of the molecule is CN[C@@H](C)C(=O)N[C@H](C(=O)N1C[C@@H](CC(=O)c2ccc(C(=O)N[C@H]3C[C@@H](CN(CCc4ccccc4)S(C)(=O)=O)N(C(=O)[C@@H](NC(=O)[C@H](C)NC)C(C)(C)C)C3)cc2)C[C@H]1CN(CCc1ccccc1)S(C)(=O)=O)C(C)(C)C. The van der Waals surface area contributed by atoms with E-state index in [0.29, 0.717) is 24.8 Å². The fourth-order valence-corrected chi connectivity index (χ4v) is 11.7. The Labute approximate surface area is 463 Å². The molecule has 5 amide bonds. The van der Waals surface area contributed by atoms with Crippen LogP contribution < -0.4 is 26.6 Å². The predicted molar refractivity (Wildman–Crippen MR) is 303 cm³/mol. The summed E-state index contributed by atoms with van der Waals surface area (Å²) in [6.07, 6.45) is 3.72. The van der Waals surface area contributed by atoms with Crippen molar-refractivity contribution in [3.8, 4) is 0 Å². The van der Waals surface area contributed by atoms with Gasteiger partial charge in [-0.25, -0.2) is 16.8 Å². The first-order valence-electron chi connectivity index (χ1n) is 26.9. The Bertz CT molecular complexity index is 2580. The predicted octanol–water partition coefficient (Wildman–Crippen LogP) is 3.46. The van der Waals surface area contributed by atoms with E-state index in [1.165, 1.54) is 20.7 Å². The van der Waals surface area contributed by atoms with Crippen LogP contribution in [0, 0.1) is 16.7 Å². The third kappa shape index (κ3) is 17.7. The van der Waals surface area contributed by atoms with Gasteiger partial charge < -0.3 is 36.4 Å². The van der Waals surface area contributed by atoms with Gasteiger partial charge in [-0.1, -0.05) is 114 Å². The largest absolute Gasteiger partial charge is 0.347 e. The Morgan fingerprint density at radius 2 is 0.987 bits per heavy atom. The summed E-state index contributed by atoms with van der Waals surface area (Å²) in [7, 11) is -4.22. The summed E-state index contributed by atoms with van der Waals surface area (Å²) >= 11 is 0. The molecule has 0 spiro atoms. The normalized spacial score (nSPS) is 19.8. The van der Waals surface area contributed by atoms with Gasteiger partial charge in [0.15, 0.2) is 5.78 Å². The zero-order valence-corrected chi connectivity index (χ0v) is 49.3. The van der Waals surface area contributed by atoms with Gasteiger partial charge in [0.2, 0.25) is 43.7 Å². The van der Waals surface area contributed by atoms with Gasteiger partial charge in [0.25, 0.3) is 5.91 Å². The first-order chi connectivity index (χ1) is 36.4. The van der Waals surface area contributed by atoms with Gasteiger partial charge in [0.1, 0.15) is 12.1 Å². The number of ketones is 1. The number of amides is 5. The third-order valence-corrected chi connectivity index (χ3v) is 17.5. The molecule has 8 atom stereocenters. The lowest BCUT2D eigenvalue weighted by atomic mass is 9.85. The Morgan fingerprint density at radius 1 is 0.590 bits per heavy atom. The molecule has 2 aliphatic rings. The zero-order chi connectivity index (χ0) is 57.9. The molecule has 0 aromatic heterocycles. The van der Waals surface area contributed by atoms with E-state index in [4.69, 9.17) is 0 Å². The van der Waals surface area contributed by atoms with E-state index in [2.05, 4.69) is 26.6 Å². The molecule has 19 nitrogen and oxygen atoms in total. The summed E-state index contributed by atoms with van der Waals surface area (Å²) in [5.41, 5.74) is 0.993. The monoisotopic (exact) mass is 1120 g/mol. The van der Waals surface area contributed by atoms with E-state index >= 15 is 0 Å². The number of nitrogens with zero attached hydrogens (tertiary/aromatic N) is 4. The van der Waals surface area contributed by atoms with Crippen LogP contribution in [0.25, 0.3) is 0 Å². The number of rotatable bonds is 25. The minimum absolute atomic E-state index is 0.00873. The number of sulfonamides is 2. The average Bonchev–Trinajstić information content (AvgIpc) is 4.05. The fraction of sp³-hybridized carbons (Fsp3) is 0.579. The van der Waals surface area contributed by atoms with E-state index in [1.54, 1.807) is 49.9 Å². The summed E-state index contributed by atoms with van der Waals surface area (Å²) in [5.74, 6) is -2.61. The summed E-state index contributed by atoms with van der Waals surface area (Å²) < 4.78 is 55.9. The van der Waals surface area contributed by atoms with Crippen molar-refractivity contribution >= 4 is 55.4 Å². The second kappa shape index (κ2) is 27.1. The Balaban J connectivity index is 1.35. The molecular weight excluding hydrogens is 1030 g/mol. The number of benzene rings is 3. The number of hydrogen-bond donors (Lipinski definition) is 5. The third-order valence-electron chi connectivity index (χ3n) is 15.0. The molecule has 0 aliphatic carbocycles. The standard InChI is InChI=1S/C57H85N9O10S2/c1-38(58-9)51(68)61-49(56(3,4)5)54(71)65-34-42(31-46(65)36-63(77(11,73)74)29-27-40-19-15-13-16-20-40)32-48(67)43-23-25-44(26-24-43)53(70)60-45-33-47(37-64(78(12,75)76)30-28-41-21-17-14-18-22-41)66(35-45)55(72)50(57(6,7)8)62-52(69)39(2)59-10/h13-26,38-39,42,45-47,49-50,58-59H,27-37H2,1-12H3,(H,60,70)(H,61,68)(H,62,69)/t38-,39-,42+,45-,46-,47-,49+,50+/m0/s1. The van der Waals surface area contributed by atoms with E-state index in [0.717, 1.165) is 23.6 Å². The van der Waals surface area contributed by atoms with Gasteiger partial charge in [-0.3, -0.25) is 28.8 Å². The minimum atomic E-state index is -3.76. The lowest BCUT2D eigenvalue weighted by Crippen LogP contribution is -2.59. The average molecular weight is 1120 g/mol. The van der Waals surface area contributed by atoms with Gasteiger partial charge in [0, 0.05) is 74.9 Å². The van der Waals surface area contributed by atoms with Crippen LogP contribution in [0.2, 0.25) is 0 Å². The molecule has 2 saturated heterocycles. The number of likely N-dealkylation sites (N-methyl/N-ethyl adjacent to an activating group) is 2. The van der Waals surface area contributed by atoms with Crippen molar-refractivity contribution in [3.63, 3.8) is 0 Å². The first-order valence-corrected chi connectivity index (χ1v) is 30.6. The molecule has 5 rings (SSSR count). The molecule has 0 bridgehead atoms. The first kappa shape index (κ1) is 63.3. The van der Waals surface area contributed by atoms with Gasteiger partial charge in [-0.05, 0) is 93.6 Å². The molecule has 0 radical (unpaired) electrons. The minimum Gasteiger partial charge on any atom is -0.347 e. The molecule has 5 N–H and O–H groups in total. The van der Waals surface area contributed by atoms with E-state index in [-0.39, 0.29) is 87.1 Å². The second-order valence-electron chi connectivity index (χ2n) is 23.4. The Hall–Kier alpha value is -5.58. The molecule has 3 aromatic rings. The molecule has 2 aliphatic heterocycles. The molecule has 2 heterocycles. The molecule has 0 saturated carbocycles. The maximum absolute atomic E-state index is 14.7. The van der Waals surface area contributed by atoms with E-state index in [9.17, 15) is 45.6 Å². The lowest BCUT2D eigenvalue weighted by Gasteiger charge is -2.37. The highest BCUT2D eigenvalue weighted by atomic mass is 32.2. The van der Waals surface area contributed by atoms with Crippen molar-refractivity contribution in [2.45, 2.75) is 130 Å². The van der Waals surface area contributed by atoms with Crippen LogP contribution in [0.5, 0.6) is 0 Å². The van der Waals surface area contributed by atoms with Crippen LogP contribution in [0.3, 0.4) is 0 Å². The van der Waals surface area contributed by atoms with Crippen molar-refractivity contribution in [3.05, 3.63) is 107 Å². The van der Waals surface area contributed by atoms with Gasteiger partial charge in [0.05, 0.1) is 24.6 Å². The Morgan fingerprint density at radius 3 is 1.38 bits per heavy atom. The number of likely N-dealkylation sites (tertiary alicyclic amines) is 2. The zero-order valence-electron chi connectivity index (χ0n) is 47.7. The quantitative estimate of drug-likeness (QED) is 0.0767. The van der Waals surface area contributed by atoms with Crippen LogP contribution >= 0.6 is 0 Å². The van der Waals surface area contributed by atoms with Crippen molar-refractivity contribution in [1.29, 1.82) is 0 Å². The lowest BCUT2D eigenvalue weighted by molar-refractivity contribution is -0.141. The van der Waals surface area contributed by atoms with Crippen molar-refractivity contribution in [2.24, 2.45) is 16.7 Å². The number of nitrogens with one attached hydrogen (secondary N) is 5. The van der Waals surface area contributed by atoms with Crippen molar-refractivity contribution in [2.75, 3.05) is 65.9 Å². The summed E-state index contributed by atoms with van der Waals surface area (Å²) in [4.78, 5) is 87.1. The number of Topliss-reactive ketones (excluding diaryl/α,β-unsaturated/α-hetero) is 1. The second-order valence-corrected chi connectivity index (χ2v) is 27.3. The number of carbonyl (C=O) groups excluding carboxylic acids is 6. The molecule has 2 fully saturated rings. The molecule has 0 unspecified atom stereocenters. The van der Waals surface area contributed by atoms with E-state index in [1.807, 2.05) is 102 Å². The van der Waals surface area contributed by atoms with Crippen LogP contribution in [-0.4, -0.2) is 179 Å². The van der Waals surface area contributed by atoms with Gasteiger partial charge >= 0.3 is 0 Å².